The van der Waals surface area contributed by atoms with Crippen LogP contribution in [0.2, 0.25) is 0 Å². The van der Waals surface area contributed by atoms with Gasteiger partial charge in [0.15, 0.2) is 5.78 Å². The molecule has 0 radical (unpaired) electrons. The highest BCUT2D eigenvalue weighted by molar-refractivity contribution is 5.90. The summed E-state index contributed by atoms with van der Waals surface area (Å²) < 4.78 is 5.39. The number of nitrogens with one attached hydrogen (secondary N) is 1. The van der Waals surface area contributed by atoms with Crippen LogP contribution in [0.1, 0.15) is 61.0 Å². The third-order valence-electron chi connectivity index (χ3n) is 5.00. The first-order valence-electron chi connectivity index (χ1n) is 9.97. The van der Waals surface area contributed by atoms with Gasteiger partial charge in [-0.1, -0.05) is 42.5 Å². The number of hydrogen-bond donors (Lipinski definition) is 1. The van der Waals surface area contributed by atoms with E-state index >= 15 is 0 Å². The predicted molar refractivity (Wildman–Crippen MR) is 111 cm³/mol. The van der Waals surface area contributed by atoms with Gasteiger partial charge in [-0.15, -0.1) is 0 Å². The van der Waals surface area contributed by atoms with Gasteiger partial charge in [0.25, 0.3) is 0 Å². The molecule has 4 nitrogen and oxygen atoms in total. The second-order valence-corrected chi connectivity index (χ2v) is 8.43. The number of ketones is 1. The van der Waals surface area contributed by atoms with Crippen molar-refractivity contribution in [3.8, 4) is 0 Å². The van der Waals surface area contributed by atoms with Crippen LogP contribution in [0.3, 0.4) is 0 Å². The number of carbonyl (C=O) groups excluding carboxylic acids is 2. The van der Waals surface area contributed by atoms with E-state index in [1.165, 1.54) is 5.56 Å². The number of hydrogen-bond acceptors (Lipinski definition) is 4. The number of esters is 1. The Hall–Kier alpha value is -2.46. The lowest BCUT2D eigenvalue weighted by Gasteiger charge is -2.32. The van der Waals surface area contributed by atoms with Crippen LogP contribution in [-0.4, -0.2) is 29.9 Å². The minimum absolute atomic E-state index is 0.165. The Morgan fingerprint density at radius 1 is 1.04 bits per heavy atom. The van der Waals surface area contributed by atoms with E-state index in [9.17, 15) is 9.59 Å². The fraction of sp³-hybridized carbons (Fsp3) is 0.417. The molecule has 0 saturated carbocycles. The van der Waals surface area contributed by atoms with Gasteiger partial charge in [-0.2, -0.15) is 0 Å². The fourth-order valence-corrected chi connectivity index (χ4v) is 3.69. The monoisotopic (exact) mass is 379 g/mol. The van der Waals surface area contributed by atoms with E-state index in [4.69, 9.17) is 4.74 Å². The number of Topliss-reactive ketones (excluding diaryl/α,β-unsaturated/α-hetero) is 1. The average Bonchev–Trinajstić information content (AvgIpc) is 2.68. The van der Waals surface area contributed by atoms with E-state index in [-0.39, 0.29) is 23.7 Å². The molecule has 28 heavy (non-hydrogen) atoms. The summed E-state index contributed by atoms with van der Waals surface area (Å²) in [6, 6.07) is 17.3. The summed E-state index contributed by atoms with van der Waals surface area (Å²) in [5, 5.41) is 3.42. The summed E-state index contributed by atoms with van der Waals surface area (Å²) in [5.41, 5.74) is 2.11. The lowest BCUT2D eigenvalue weighted by molar-refractivity contribution is -0.121. The van der Waals surface area contributed by atoms with Gasteiger partial charge in [0, 0.05) is 12.3 Å². The molecule has 0 aromatic heterocycles. The highest BCUT2D eigenvalue weighted by Crippen LogP contribution is 2.29. The van der Waals surface area contributed by atoms with E-state index < -0.39 is 5.60 Å². The molecular weight excluding hydrogens is 350 g/mol. The van der Waals surface area contributed by atoms with Gasteiger partial charge in [-0.3, -0.25) is 4.79 Å². The van der Waals surface area contributed by atoms with Crippen molar-refractivity contribution in [2.24, 2.45) is 0 Å². The van der Waals surface area contributed by atoms with Crippen LogP contribution in [0.15, 0.2) is 54.6 Å². The Labute approximate surface area is 167 Å². The maximum atomic E-state index is 13.0. The molecule has 0 unspecified atom stereocenters. The maximum Gasteiger partial charge on any atom is 0.338 e. The van der Waals surface area contributed by atoms with Gasteiger partial charge in [-0.25, -0.2) is 4.79 Å². The fourth-order valence-electron chi connectivity index (χ4n) is 3.69. The molecule has 0 spiro atoms. The first-order chi connectivity index (χ1) is 13.3. The molecule has 2 aromatic rings. The van der Waals surface area contributed by atoms with Crippen LogP contribution in [0.5, 0.6) is 0 Å². The molecule has 148 valence electrons. The highest BCUT2D eigenvalue weighted by atomic mass is 16.6. The van der Waals surface area contributed by atoms with Crippen LogP contribution < -0.4 is 5.32 Å². The largest absolute Gasteiger partial charge is 0.456 e. The topological polar surface area (TPSA) is 55.4 Å². The zero-order valence-corrected chi connectivity index (χ0v) is 16.9. The quantitative estimate of drug-likeness (QED) is 0.788. The predicted octanol–water partition coefficient (Wildman–Crippen LogP) is 4.29. The van der Waals surface area contributed by atoms with Gasteiger partial charge < -0.3 is 10.1 Å². The van der Waals surface area contributed by atoms with Crippen molar-refractivity contribution in [1.82, 2.24) is 5.32 Å². The van der Waals surface area contributed by atoms with E-state index in [1.54, 1.807) is 12.1 Å². The van der Waals surface area contributed by atoms with E-state index in [2.05, 4.69) is 17.4 Å². The minimum Gasteiger partial charge on any atom is -0.456 e. The third-order valence-corrected chi connectivity index (χ3v) is 5.00. The first kappa shape index (κ1) is 20.3. The molecule has 1 heterocycles. The molecule has 1 saturated heterocycles. The first-order valence-corrected chi connectivity index (χ1v) is 9.97. The Morgan fingerprint density at radius 3 is 2.36 bits per heavy atom. The van der Waals surface area contributed by atoms with Crippen molar-refractivity contribution in [3.05, 3.63) is 71.3 Å². The summed E-state index contributed by atoms with van der Waals surface area (Å²) in [6.07, 6.45) is 2.45. The lowest BCUT2D eigenvalue weighted by Crippen LogP contribution is -2.46. The molecular formula is C24H29NO3. The van der Waals surface area contributed by atoms with Crippen LogP contribution in [0.4, 0.5) is 0 Å². The summed E-state index contributed by atoms with van der Waals surface area (Å²) in [5.74, 6) is 0.0607. The molecule has 1 aliphatic heterocycles. The van der Waals surface area contributed by atoms with Crippen molar-refractivity contribution < 1.29 is 14.3 Å². The molecule has 1 N–H and O–H groups in total. The second-order valence-electron chi connectivity index (χ2n) is 8.43. The molecule has 1 aliphatic rings. The Morgan fingerprint density at radius 2 is 1.71 bits per heavy atom. The van der Waals surface area contributed by atoms with Gasteiger partial charge >= 0.3 is 5.97 Å². The zero-order chi connectivity index (χ0) is 20.1. The SMILES string of the molecule is CC(C)(C)OC(=O)c1ccc(CC(=O)[C@H]2NCCC[C@H]2c2ccccc2)cc1. The van der Waals surface area contributed by atoms with Gasteiger partial charge in [0.1, 0.15) is 5.60 Å². The van der Waals surface area contributed by atoms with E-state index in [1.807, 2.05) is 51.1 Å². The maximum absolute atomic E-state index is 13.0. The van der Waals surface area contributed by atoms with E-state index in [0.717, 1.165) is 24.9 Å². The highest BCUT2D eigenvalue weighted by Gasteiger charge is 2.31. The van der Waals surface area contributed by atoms with Gasteiger partial charge in [0.05, 0.1) is 11.6 Å². The third kappa shape index (κ3) is 5.29. The normalized spacial score (nSPS) is 19.8. The Balaban J connectivity index is 1.67. The molecule has 0 aliphatic carbocycles. The Bertz CT molecular complexity index is 806. The molecule has 0 bridgehead atoms. The van der Waals surface area contributed by atoms with Crippen molar-refractivity contribution >= 4 is 11.8 Å². The van der Waals surface area contributed by atoms with Gasteiger partial charge in [0.2, 0.25) is 0 Å². The average molecular weight is 380 g/mol. The number of ether oxygens (including phenoxy) is 1. The van der Waals surface area contributed by atoms with Crippen LogP contribution in [0.25, 0.3) is 0 Å². The standard InChI is InChI=1S/C24H29NO3/c1-24(2,3)28-23(27)19-13-11-17(12-14-19)16-21(26)22-20(10-7-15-25-22)18-8-5-4-6-9-18/h4-6,8-9,11-14,20,22,25H,7,10,15-16H2,1-3H3/t20-,22-/m0/s1. The van der Waals surface area contributed by atoms with E-state index in [0.29, 0.717) is 12.0 Å². The summed E-state index contributed by atoms with van der Waals surface area (Å²) in [7, 11) is 0. The van der Waals surface area contributed by atoms with Crippen molar-refractivity contribution in [2.75, 3.05) is 6.54 Å². The Kier molecular flexibility index (Phi) is 6.30. The number of rotatable bonds is 5. The molecule has 4 heteroatoms. The summed E-state index contributed by atoms with van der Waals surface area (Å²) in [6.45, 7) is 6.41. The molecule has 2 atom stereocenters. The van der Waals surface area contributed by atoms with Crippen LogP contribution >= 0.6 is 0 Å². The van der Waals surface area contributed by atoms with Crippen molar-refractivity contribution in [2.45, 2.75) is 57.6 Å². The zero-order valence-electron chi connectivity index (χ0n) is 16.9. The summed E-state index contributed by atoms with van der Waals surface area (Å²) >= 11 is 0. The number of benzene rings is 2. The minimum atomic E-state index is -0.523. The molecule has 1 fully saturated rings. The molecule has 3 rings (SSSR count). The lowest BCUT2D eigenvalue weighted by atomic mass is 9.81. The second kappa shape index (κ2) is 8.70. The van der Waals surface area contributed by atoms with Crippen molar-refractivity contribution in [1.29, 1.82) is 0 Å². The van der Waals surface area contributed by atoms with Crippen LogP contribution in [-0.2, 0) is 16.0 Å². The number of piperidine rings is 1. The summed E-state index contributed by atoms with van der Waals surface area (Å²) in [4.78, 5) is 25.1. The molecule has 2 aromatic carbocycles. The molecule has 0 amide bonds. The van der Waals surface area contributed by atoms with Crippen LogP contribution in [0, 0.1) is 0 Å². The number of carbonyl (C=O) groups is 2. The van der Waals surface area contributed by atoms with Crippen molar-refractivity contribution in [3.63, 3.8) is 0 Å². The van der Waals surface area contributed by atoms with Gasteiger partial charge in [-0.05, 0) is 63.4 Å². The smallest absolute Gasteiger partial charge is 0.338 e.